The average molecular weight is 112 g/mol. The van der Waals surface area contributed by atoms with E-state index in [1.165, 1.54) is 0 Å². The van der Waals surface area contributed by atoms with E-state index >= 15 is 0 Å². The molecule has 1 fully saturated rings. The third-order valence-electron chi connectivity index (χ3n) is 0.378. The number of hydrogen-bond donors (Lipinski definition) is 0. The van der Waals surface area contributed by atoms with Gasteiger partial charge in [-0.05, 0) is 0 Å². The Morgan fingerprint density at radius 1 is 1.67 bits per heavy atom. The van der Waals surface area contributed by atoms with Crippen LogP contribution >= 0.6 is 8.25 Å². The van der Waals surface area contributed by atoms with Crippen molar-refractivity contribution < 1.29 is 18.0 Å². The third kappa shape index (κ3) is 0.593. The summed E-state index contributed by atoms with van der Waals surface area (Å²) in [5, 5.41) is 0. The van der Waals surface area contributed by atoms with Crippen molar-refractivity contribution in [3.63, 3.8) is 0 Å². The number of halogens is 1. The van der Waals surface area contributed by atoms with Crippen LogP contribution in [-0.2, 0) is 13.6 Å². The minimum Gasteiger partial charge on any atom is -0.263 e. The minimum atomic E-state index is -2.37. The van der Waals surface area contributed by atoms with Gasteiger partial charge < -0.3 is 0 Å². The third-order valence-corrected chi connectivity index (χ3v) is 1.13. The lowest BCUT2D eigenvalue weighted by molar-refractivity contribution is -0.166. The second-order valence-corrected chi connectivity index (χ2v) is 1.73. The molecule has 36 valence electrons. The van der Waals surface area contributed by atoms with E-state index in [0.29, 0.717) is 0 Å². The van der Waals surface area contributed by atoms with Crippen LogP contribution in [0.4, 0.5) is 4.39 Å². The molecule has 0 atom stereocenters. The van der Waals surface area contributed by atoms with Gasteiger partial charge in [-0.2, -0.15) is 4.39 Å². The molecule has 0 aromatic rings. The Kier molecular flexibility index (Phi) is 0.916. The predicted molar refractivity (Wildman–Crippen MR) is 16.1 cm³/mol. The fourth-order valence-electron chi connectivity index (χ4n) is 0.160. The second kappa shape index (κ2) is 1.30. The van der Waals surface area contributed by atoms with Gasteiger partial charge in [0.25, 0.3) is 0 Å². The lowest BCUT2D eigenvalue weighted by Crippen LogP contribution is -2.12. The smallest absolute Gasteiger partial charge is 0.263 e. The van der Waals surface area contributed by atoms with Gasteiger partial charge in [-0.1, -0.05) is 0 Å². The van der Waals surface area contributed by atoms with Gasteiger partial charge in [0.2, 0.25) is 0 Å². The minimum absolute atomic E-state index is 1.73. The molecule has 0 bridgehead atoms. The molecule has 0 spiro atoms. The summed E-state index contributed by atoms with van der Waals surface area (Å²) in [6.45, 7) is -1.73. The Bertz CT molecular complexity index is 74.9. The highest BCUT2D eigenvalue weighted by Gasteiger charge is 2.24. The van der Waals surface area contributed by atoms with Gasteiger partial charge in [0.15, 0.2) is 0 Å². The van der Waals surface area contributed by atoms with Crippen molar-refractivity contribution in [3.05, 3.63) is 0 Å². The lowest BCUT2D eigenvalue weighted by Gasteiger charge is -2.16. The topological polar surface area (TPSA) is 35.5 Å². The van der Waals surface area contributed by atoms with Crippen LogP contribution in [0.3, 0.4) is 0 Å². The zero-order chi connectivity index (χ0) is 4.57. The van der Waals surface area contributed by atoms with E-state index in [0.717, 1.165) is 0 Å². The molecule has 0 aliphatic carbocycles. The van der Waals surface area contributed by atoms with Crippen LogP contribution in [0, 0.1) is 0 Å². The maximum absolute atomic E-state index is 11.1. The molecule has 1 aliphatic rings. The highest BCUT2D eigenvalue weighted by Crippen LogP contribution is 2.39. The molecule has 1 heterocycles. The maximum Gasteiger partial charge on any atom is 0.327 e. The van der Waals surface area contributed by atoms with E-state index in [4.69, 9.17) is 0 Å². The first-order valence-corrected chi connectivity index (χ1v) is 2.53. The van der Waals surface area contributed by atoms with Crippen molar-refractivity contribution in [2.24, 2.45) is 0 Å². The quantitative estimate of drug-likeness (QED) is 0.432. The predicted octanol–water partition coefficient (Wildman–Crippen LogP) is 0.676. The van der Waals surface area contributed by atoms with Crippen molar-refractivity contribution in [3.8, 4) is 0 Å². The Labute approximate surface area is 34.0 Å². The van der Waals surface area contributed by atoms with Gasteiger partial charge in [-0.15, -0.1) is 0 Å². The van der Waals surface area contributed by atoms with Crippen LogP contribution in [0.15, 0.2) is 0 Å². The zero-order valence-corrected chi connectivity index (χ0v) is 3.68. The fraction of sp³-hybridized carbons (Fsp3) is 1.00. The largest absolute Gasteiger partial charge is 0.327 e. The SMILES string of the molecule is O=[PH]1OC(F)O1. The van der Waals surface area contributed by atoms with Gasteiger partial charge in [-0.25, -0.2) is 0 Å². The number of rotatable bonds is 0. The molecule has 0 saturated carbocycles. The Hall–Kier alpha value is 0.0800. The summed E-state index contributed by atoms with van der Waals surface area (Å²) >= 11 is 0. The van der Waals surface area contributed by atoms with Crippen molar-refractivity contribution >= 4 is 8.25 Å². The molecule has 0 radical (unpaired) electrons. The van der Waals surface area contributed by atoms with Crippen LogP contribution < -0.4 is 0 Å². The van der Waals surface area contributed by atoms with Gasteiger partial charge in [0.1, 0.15) is 0 Å². The Morgan fingerprint density at radius 2 is 2.17 bits per heavy atom. The standard InChI is InChI=1S/CH2FO3P/c2-1-4-6(3)5-1/h1,6H. The molecule has 0 aromatic carbocycles. The molecular weight excluding hydrogens is 110 g/mol. The summed E-state index contributed by atoms with van der Waals surface area (Å²) in [6.07, 6.45) is 0. The van der Waals surface area contributed by atoms with E-state index in [1.807, 2.05) is 0 Å². The van der Waals surface area contributed by atoms with Gasteiger partial charge in [-0.3, -0.25) is 13.6 Å². The molecule has 1 saturated heterocycles. The van der Waals surface area contributed by atoms with Crippen LogP contribution in [0.25, 0.3) is 0 Å². The van der Waals surface area contributed by atoms with E-state index in [-0.39, 0.29) is 0 Å². The van der Waals surface area contributed by atoms with Crippen LogP contribution in [0.1, 0.15) is 0 Å². The summed E-state index contributed by atoms with van der Waals surface area (Å²) in [5.74, 6) is 0. The molecule has 5 heteroatoms. The molecule has 3 nitrogen and oxygen atoms in total. The summed E-state index contributed by atoms with van der Waals surface area (Å²) in [4.78, 5) is 0. The van der Waals surface area contributed by atoms with Crippen LogP contribution in [-0.4, -0.2) is 6.54 Å². The highest BCUT2D eigenvalue weighted by atomic mass is 31.1. The van der Waals surface area contributed by atoms with E-state index < -0.39 is 14.8 Å². The average Bonchev–Trinajstić information content (AvgIpc) is 1.33. The Balaban J connectivity index is 2.28. The molecular formula is CH2FO3P. The van der Waals surface area contributed by atoms with Gasteiger partial charge in [0, 0.05) is 0 Å². The molecule has 0 aromatic heterocycles. The summed E-state index contributed by atoms with van der Waals surface area (Å²) in [5.41, 5.74) is 0. The number of hydrogen-bond acceptors (Lipinski definition) is 3. The van der Waals surface area contributed by atoms with E-state index in [2.05, 4.69) is 9.05 Å². The first kappa shape index (κ1) is 4.24. The van der Waals surface area contributed by atoms with Crippen LogP contribution in [0.2, 0.25) is 0 Å². The van der Waals surface area contributed by atoms with Crippen LogP contribution in [0.5, 0.6) is 0 Å². The molecule has 0 unspecified atom stereocenters. The maximum atomic E-state index is 11.1. The summed E-state index contributed by atoms with van der Waals surface area (Å²) in [7, 11) is -2.37. The van der Waals surface area contributed by atoms with E-state index in [9.17, 15) is 8.96 Å². The zero-order valence-electron chi connectivity index (χ0n) is 2.68. The lowest BCUT2D eigenvalue weighted by atomic mass is 11.4. The molecule has 1 aliphatic heterocycles. The van der Waals surface area contributed by atoms with Crippen molar-refractivity contribution in [1.29, 1.82) is 0 Å². The van der Waals surface area contributed by atoms with Crippen molar-refractivity contribution in [2.45, 2.75) is 6.54 Å². The monoisotopic (exact) mass is 112 g/mol. The molecule has 0 N–H and O–H groups in total. The van der Waals surface area contributed by atoms with Gasteiger partial charge in [0.05, 0.1) is 0 Å². The summed E-state index contributed by atoms with van der Waals surface area (Å²) in [6, 6.07) is 0. The number of alkyl halides is 1. The molecule has 6 heavy (non-hydrogen) atoms. The Morgan fingerprint density at radius 3 is 2.17 bits per heavy atom. The highest BCUT2D eigenvalue weighted by molar-refractivity contribution is 7.34. The fourth-order valence-corrected chi connectivity index (χ4v) is 0.480. The molecule has 1 rings (SSSR count). The van der Waals surface area contributed by atoms with Gasteiger partial charge >= 0.3 is 14.8 Å². The normalized spacial score (nSPS) is 44.8. The van der Waals surface area contributed by atoms with Crippen molar-refractivity contribution in [1.82, 2.24) is 0 Å². The molecule has 0 amide bonds. The van der Waals surface area contributed by atoms with Crippen molar-refractivity contribution in [2.75, 3.05) is 0 Å². The second-order valence-electron chi connectivity index (χ2n) is 0.760. The first-order valence-electron chi connectivity index (χ1n) is 1.30. The first-order chi connectivity index (χ1) is 2.79. The van der Waals surface area contributed by atoms with E-state index in [1.54, 1.807) is 0 Å². The summed E-state index contributed by atoms with van der Waals surface area (Å²) < 4.78 is 28.4.